The lowest BCUT2D eigenvalue weighted by Gasteiger charge is -2.12. The zero-order valence-corrected chi connectivity index (χ0v) is 14.1. The van der Waals surface area contributed by atoms with Gasteiger partial charge in [-0.3, -0.25) is 0 Å². The van der Waals surface area contributed by atoms with Crippen LogP contribution >= 0.6 is 23.4 Å². The fourth-order valence-corrected chi connectivity index (χ4v) is 3.17. The van der Waals surface area contributed by atoms with Crippen LogP contribution in [0.1, 0.15) is 33.6 Å². The summed E-state index contributed by atoms with van der Waals surface area (Å²) in [5.74, 6) is 0.732. The summed E-state index contributed by atoms with van der Waals surface area (Å²) >= 11 is 7.98. The van der Waals surface area contributed by atoms with Crippen molar-refractivity contribution in [2.45, 2.75) is 43.3 Å². The molecule has 0 saturated carbocycles. The Bertz CT molecular complexity index is 604. The van der Waals surface area contributed by atoms with Crippen molar-refractivity contribution in [1.82, 2.24) is 4.98 Å². The monoisotopic (exact) mass is 313 g/mol. The molecule has 20 heavy (non-hydrogen) atoms. The highest BCUT2D eigenvalue weighted by Crippen LogP contribution is 2.38. The molecule has 0 amide bonds. The average Bonchev–Trinajstić information content (AvgIpc) is 2.77. The van der Waals surface area contributed by atoms with E-state index in [-0.39, 0.29) is 5.41 Å². The number of hydrogen-bond donors (Lipinski definition) is 0. The molecule has 1 atom stereocenters. The second-order valence-electron chi connectivity index (χ2n) is 5.88. The Kier molecular flexibility index (Phi) is 4.67. The molecule has 2 aromatic rings. The molecule has 1 aromatic heterocycles. The molecule has 0 radical (unpaired) electrons. The third-order valence-corrected chi connectivity index (χ3v) is 4.43. The molecule has 1 aromatic carbocycles. The molecule has 0 bridgehead atoms. The third kappa shape index (κ3) is 3.30. The molecule has 0 aliphatic rings. The van der Waals surface area contributed by atoms with Crippen LogP contribution in [0.2, 0.25) is 5.02 Å². The molecule has 0 N–H and O–H groups in total. The maximum atomic E-state index is 6.32. The van der Waals surface area contributed by atoms with E-state index >= 15 is 0 Å². The second kappa shape index (κ2) is 5.96. The first-order valence-electron chi connectivity index (χ1n) is 6.58. The SMILES string of the molecule is COC[C@@H](C)Sc1c(Cl)ccc2nc(C(C)(C)C)oc12. The standard InChI is InChI=1S/C15H20ClNO2S/c1-9(8-18-5)20-13-10(16)6-7-11-12(13)19-14(17-11)15(2,3)4/h6-7,9H,8H2,1-5H3/t9-/m1/s1. The summed E-state index contributed by atoms with van der Waals surface area (Å²) < 4.78 is 11.1. The summed E-state index contributed by atoms with van der Waals surface area (Å²) in [5.41, 5.74) is 1.51. The van der Waals surface area contributed by atoms with Crippen molar-refractivity contribution >= 4 is 34.5 Å². The van der Waals surface area contributed by atoms with Gasteiger partial charge in [0, 0.05) is 17.8 Å². The summed E-state index contributed by atoms with van der Waals surface area (Å²) in [7, 11) is 1.70. The fourth-order valence-electron chi connectivity index (χ4n) is 1.84. The van der Waals surface area contributed by atoms with Crippen LogP contribution in [0, 0.1) is 0 Å². The number of nitrogens with zero attached hydrogens (tertiary/aromatic N) is 1. The molecule has 0 spiro atoms. The van der Waals surface area contributed by atoms with E-state index in [0.29, 0.717) is 16.9 Å². The molecule has 2 rings (SSSR count). The lowest BCUT2D eigenvalue weighted by Crippen LogP contribution is -2.10. The summed E-state index contributed by atoms with van der Waals surface area (Å²) in [6.07, 6.45) is 0. The van der Waals surface area contributed by atoms with Gasteiger partial charge < -0.3 is 9.15 Å². The van der Waals surface area contributed by atoms with Gasteiger partial charge in [0.05, 0.1) is 16.5 Å². The number of hydrogen-bond acceptors (Lipinski definition) is 4. The fraction of sp³-hybridized carbons (Fsp3) is 0.533. The van der Waals surface area contributed by atoms with E-state index in [0.717, 1.165) is 21.9 Å². The summed E-state index contributed by atoms with van der Waals surface area (Å²) in [4.78, 5) is 5.51. The number of ether oxygens (including phenoxy) is 1. The van der Waals surface area contributed by atoms with Crippen LogP contribution in [0.25, 0.3) is 11.1 Å². The van der Waals surface area contributed by atoms with Crippen molar-refractivity contribution in [2.75, 3.05) is 13.7 Å². The van der Waals surface area contributed by atoms with Crippen LogP contribution in [0.4, 0.5) is 0 Å². The van der Waals surface area contributed by atoms with Gasteiger partial charge in [-0.05, 0) is 12.1 Å². The van der Waals surface area contributed by atoms with E-state index in [4.69, 9.17) is 20.8 Å². The number of methoxy groups -OCH3 is 1. The quantitative estimate of drug-likeness (QED) is 0.752. The maximum absolute atomic E-state index is 6.32. The van der Waals surface area contributed by atoms with Gasteiger partial charge in [-0.1, -0.05) is 39.3 Å². The number of rotatable bonds is 4. The number of oxazole rings is 1. The Morgan fingerprint density at radius 3 is 2.70 bits per heavy atom. The molecule has 110 valence electrons. The number of benzene rings is 1. The number of aromatic nitrogens is 1. The van der Waals surface area contributed by atoms with Crippen molar-refractivity contribution in [3.8, 4) is 0 Å². The molecule has 1 heterocycles. The number of halogens is 1. The Balaban J connectivity index is 2.47. The average molecular weight is 314 g/mol. The summed E-state index contributed by atoms with van der Waals surface area (Å²) in [6.45, 7) is 9.01. The minimum Gasteiger partial charge on any atom is -0.439 e. The van der Waals surface area contributed by atoms with Crippen LogP contribution in [0.3, 0.4) is 0 Å². The van der Waals surface area contributed by atoms with Crippen molar-refractivity contribution in [2.24, 2.45) is 0 Å². The molecule has 0 saturated heterocycles. The molecule has 0 fully saturated rings. The molecule has 5 heteroatoms. The Morgan fingerprint density at radius 1 is 1.40 bits per heavy atom. The van der Waals surface area contributed by atoms with E-state index in [9.17, 15) is 0 Å². The molecular weight excluding hydrogens is 294 g/mol. The van der Waals surface area contributed by atoms with Gasteiger partial charge in [0.25, 0.3) is 0 Å². The van der Waals surface area contributed by atoms with E-state index in [1.165, 1.54) is 0 Å². The predicted octanol–water partition coefficient (Wildman–Crippen LogP) is 4.91. The van der Waals surface area contributed by atoms with Crippen LogP contribution in [-0.2, 0) is 10.2 Å². The van der Waals surface area contributed by atoms with Gasteiger partial charge in [0.1, 0.15) is 5.52 Å². The molecule has 0 unspecified atom stereocenters. The lowest BCUT2D eigenvalue weighted by molar-refractivity contribution is 0.203. The Hall–Kier alpha value is -0.710. The van der Waals surface area contributed by atoms with Gasteiger partial charge in [0.15, 0.2) is 5.58 Å². The topological polar surface area (TPSA) is 35.3 Å². The minimum absolute atomic E-state index is 0.119. The number of fused-ring (bicyclic) bond motifs is 1. The lowest BCUT2D eigenvalue weighted by atomic mass is 9.97. The zero-order valence-electron chi connectivity index (χ0n) is 12.5. The van der Waals surface area contributed by atoms with E-state index in [1.54, 1.807) is 18.9 Å². The van der Waals surface area contributed by atoms with Gasteiger partial charge in [-0.25, -0.2) is 4.98 Å². The van der Waals surface area contributed by atoms with Crippen molar-refractivity contribution in [1.29, 1.82) is 0 Å². The predicted molar refractivity (Wildman–Crippen MR) is 84.9 cm³/mol. The maximum Gasteiger partial charge on any atom is 0.200 e. The smallest absolute Gasteiger partial charge is 0.200 e. The van der Waals surface area contributed by atoms with Gasteiger partial charge in [0.2, 0.25) is 5.89 Å². The highest BCUT2D eigenvalue weighted by molar-refractivity contribution is 8.00. The first kappa shape index (κ1) is 15.7. The Morgan fingerprint density at radius 2 is 2.10 bits per heavy atom. The van der Waals surface area contributed by atoms with Gasteiger partial charge >= 0.3 is 0 Å². The van der Waals surface area contributed by atoms with E-state index in [1.807, 2.05) is 12.1 Å². The van der Waals surface area contributed by atoms with Crippen LogP contribution in [-0.4, -0.2) is 24.0 Å². The highest BCUT2D eigenvalue weighted by atomic mass is 35.5. The first-order chi connectivity index (χ1) is 9.32. The van der Waals surface area contributed by atoms with Crippen LogP contribution in [0.15, 0.2) is 21.4 Å². The normalized spacial score (nSPS) is 13.9. The van der Waals surface area contributed by atoms with Crippen LogP contribution < -0.4 is 0 Å². The zero-order chi connectivity index (χ0) is 14.9. The number of thioether (sulfide) groups is 1. The molecule has 3 nitrogen and oxygen atoms in total. The van der Waals surface area contributed by atoms with Gasteiger partial charge in [-0.2, -0.15) is 0 Å². The first-order valence-corrected chi connectivity index (χ1v) is 7.84. The van der Waals surface area contributed by atoms with Gasteiger partial charge in [-0.15, -0.1) is 11.8 Å². The molecular formula is C15H20ClNO2S. The van der Waals surface area contributed by atoms with Crippen molar-refractivity contribution < 1.29 is 9.15 Å². The van der Waals surface area contributed by atoms with E-state index in [2.05, 4.69) is 32.7 Å². The summed E-state index contributed by atoms with van der Waals surface area (Å²) in [5, 5.41) is 0.994. The van der Waals surface area contributed by atoms with Crippen molar-refractivity contribution in [3.63, 3.8) is 0 Å². The minimum atomic E-state index is -0.119. The molecule has 0 aliphatic heterocycles. The second-order valence-corrected chi connectivity index (χ2v) is 7.73. The largest absolute Gasteiger partial charge is 0.439 e. The summed E-state index contributed by atoms with van der Waals surface area (Å²) in [6, 6.07) is 3.78. The van der Waals surface area contributed by atoms with Crippen molar-refractivity contribution in [3.05, 3.63) is 23.0 Å². The molecule has 0 aliphatic carbocycles. The van der Waals surface area contributed by atoms with Crippen LogP contribution in [0.5, 0.6) is 0 Å². The van der Waals surface area contributed by atoms with E-state index < -0.39 is 0 Å². The third-order valence-electron chi connectivity index (χ3n) is 2.83. The highest BCUT2D eigenvalue weighted by Gasteiger charge is 2.23. The Labute approximate surface area is 129 Å².